The second kappa shape index (κ2) is 4.70. The maximum absolute atomic E-state index is 12.3. The van der Waals surface area contributed by atoms with Crippen molar-refractivity contribution >= 4 is 39.1 Å². The topological polar surface area (TPSA) is 64.0 Å². The first kappa shape index (κ1) is 13.0. The van der Waals surface area contributed by atoms with E-state index in [0.717, 1.165) is 15.1 Å². The summed E-state index contributed by atoms with van der Waals surface area (Å²) >= 11 is 6.89. The number of aromatic nitrogens is 2. The molecule has 0 saturated heterocycles. The van der Waals surface area contributed by atoms with Crippen LogP contribution in [0.2, 0.25) is 0 Å². The molecule has 1 N–H and O–H groups in total. The SMILES string of the molecule is Cc1sc2nc(C)n(NC(=O)CCl)c(=O)c2c1C. The van der Waals surface area contributed by atoms with Crippen LogP contribution in [-0.4, -0.2) is 21.4 Å². The number of fused-ring (bicyclic) bond motifs is 1. The maximum Gasteiger partial charge on any atom is 0.281 e. The quantitative estimate of drug-likeness (QED) is 0.854. The van der Waals surface area contributed by atoms with Crippen molar-refractivity contribution in [2.75, 3.05) is 11.3 Å². The second-order valence-corrected chi connectivity index (χ2v) is 5.40. The molecule has 96 valence electrons. The van der Waals surface area contributed by atoms with Crippen LogP contribution < -0.4 is 11.0 Å². The zero-order valence-corrected chi connectivity index (χ0v) is 11.8. The van der Waals surface area contributed by atoms with Gasteiger partial charge in [0.1, 0.15) is 16.5 Å². The molecule has 0 bridgehead atoms. The number of rotatable bonds is 2. The number of nitrogens with one attached hydrogen (secondary N) is 1. The number of hydrogen-bond donors (Lipinski definition) is 1. The molecule has 0 aliphatic heterocycles. The lowest BCUT2D eigenvalue weighted by atomic mass is 10.2. The van der Waals surface area contributed by atoms with Gasteiger partial charge in [-0.25, -0.2) is 9.66 Å². The molecule has 2 heterocycles. The fourth-order valence-corrected chi connectivity index (χ4v) is 2.81. The lowest BCUT2D eigenvalue weighted by Crippen LogP contribution is -2.36. The number of alkyl halides is 1. The Morgan fingerprint density at radius 3 is 2.72 bits per heavy atom. The summed E-state index contributed by atoms with van der Waals surface area (Å²) in [5, 5.41) is 0.554. The Bertz CT molecular complexity index is 690. The third-order valence-corrected chi connectivity index (χ3v) is 4.07. The van der Waals surface area contributed by atoms with Crippen molar-refractivity contribution in [3.63, 3.8) is 0 Å². The minimum absolute atomic E-state index is 0.203. The van der Waals surface area contributed by atoms with E-state index in [2.05, 4.69) is 10.4 Å². The van der Waals surface area contributed by atoms with Crippen LogP contribution in [0.1, 0.15) is 16.3 Å². The summed E-state index contributed by atoms with van der Waals surface area (Å²) in [6.07, 6.45) is 0. The van der Waals surface area contributed by atoms with Crippen molar-refractivity contribution in [3.05, 3.63) is 26.6 Å². The summed E-state index contributed by atoms with van der Waals surface area (Å²) < 4.78 is 1.15. The molecule has 0 aromatic carbocycles. The van der Waals surface area contributed by atoms with Gasteiger partial charge in [0.15, 0.2) is 0 Å². The summed E-state index contributed by atoms with van der Waals surface area (Å²) in [6.45, 7) is 5.48. The molecule has 2 aromatic heterocycles. The van der Waals surface area contributed by atoms with E-state index in [1.165, 1.54) is 11.3 Å². The van der Waals surface area contributed by atoms with E-state index in [-0.39, 0.29) is 11.4 Å². The van der Waals surface area contributed by atoms with E-state index in [9.17, 15) is 9.59 Å². The van der Waals surface area contributed by atoms with E-state index in [1.54, 1.807) is 6.92 Å². The molecule has 0 unspecified atom stereocenters. The van der Waals surface area contributed by atoms with Crippen molar-refractivity contribution in [3.8, 4) is 0 Å². The zero-order chi connectivity index (χ0) is 13.4. The van der Waals surface area contributed by atoms with Gasteiger partial charge in [-0.05, 0) is 26.3 Å². The van der Waals surface area contributed by atoms with E-state index < -0.39 is 5.91 Å². The van der Waals surface area contributed by atoms with Gasteiger partial charge in [0.2, 0.25) is 0 Å². The summed E-state index contributed by atoms with van der Waals surface area (Å²) in [4.78, 5) is 29.7. The van der Waals surface area contributed by atoms with E-state index >= 15 is 0 Å². The highest BCUT2D eigenvalue weighted by atomic mass is 35.5. The molecular formula is C11H12ClN3O2S. The van der Waals surface area contributed by atoms with Crippen LogP contribution in [-0.2, 0) is 4.79 Å². The summed E-state index contributed by atoms with van der Waals surface area (Å²) in [5.41, 5.74) is 3.07. The van der Waals surface area contributed by atoms with Crippen LogP contribution in [0.3, 0.4) is 0 Å². The minimum atomic E-state index is -0.437. The Morgan fingerprint density at radius 1 is 1.44 bits per heavy atom. The molecule has 2 rings (SSSR count). The van der Waals surface area contributed by atoms with Crippen LogP contribution in [0.25, 0.3) is 10.2 Å². The van der Waals surface area contributed by atoms with Gasteiger partial charge in [-0.2, -0.15) is 0 Å². The van der Waals surface area contributed by atoms with Crippen LogP contribution in [0.4, 0.5) is 0 Å². The van der Waals surface area contributed by atoms with Crippen molar-refractivity contribution in [2.24, 2.45) is 0 Å². The molecule has 2 aromatic rings. The van der Waals surface area contributed by atoms with Gasteiger partial charge in [-0.15, -0.1) is 22.9 Å². The Morgan fingerprint density at radius 2 is 2.11 bits per heavy atom. The smallest absolute Gasteiger partial charge is 0.272 e. The number of aryl methyl sites for hydroxylation is 3. The Labute approximate surface area is 112 Å². The third kappa shape index (κ3) is 2.02. The van der Waals surface area contributed by atoms with Crippen molar-refractivity contribution in [2.45, 2.75) is 20.8 Å². The molecule has 0 atom stereocenters. The Balaban J connectivity index is 2.71. The summed E-state index contributed by atoms with van der Waals surface area (Å²) in [6, 6.07) is 0. The highest BCUT2D eigenvalue weighted by Crippen LogP contribution is 2.25. The van der Waals surface area contributed by atoms with E-state index in [1.807, 2.05) is 13.8 Å². The monoisotopic (exact) mass is 285 g/mol. The first-order valence-electron chi connectivity index (χ1n) is 5.31. The van der Waals surface area contributed by atoms with E-state index in [0.29, 0.717) is 16.0 Å². The van der Waals surface area contributed by atoms with Gasteiger partial charge >= 0.3 is 0 Å². The molecule has 1 amide bonds. The largest absolute Gasteiger partial charge is 0.281 e. The highest BCUT2D eigenvalue weighted by Gasteiger charge is 2.15. The molecule has 18 heavy (non-hydrogen) atoms. The molecule has 0 spiro atoms. The molecule has 0 aliphatic rings. The second-order valence-electron chi connectivity index (χ2n) is 3.93. The van der Waals surface area contributed by atoms with Gasteiger partial charge in [-0.1, -0.05) is 0 Å². The maximum atomic E-state index is 12.3. The third-order valence-electron chi connectivity index (χ3n) is 2.73. The lowest BCUT2D eigenvalue weighted by Gasteiger charge is -2.09. The molecule has 0 radical (unpaired) electrons. The molecule has 0 saturated carbocycles. The van der Waals surface area contributed by atoms with Crippen LogP contribution in [0.5, 0.6) is 0 Å². The number of thiophene rings is 1. The van der Waals surface area contributed by atoms with Gasteiger partial charge in [0, 0.05) is 4.88 Å². The lowest BCUT2D eigenvalue weighted by molar-refractivity contribution is -0.114. The first-order valence-corrected chi connectivity index (χ1v) is 6.66. The van der Waals surface area contributed by atoms with Crippen molar-refractivity contribution < 1.29 is 4.79 Å². The van der Waals surface area contributed by atoms with Crippen molar-refractivity contribution in [1.82, 2.24) is 9.66 Å². The van der Waals surface area contributed by atoms with Gasteiger partial charge in [0.05, 0.1) is 5.39 Å². The van der Waals surface area contributed by atoms with Gasteiger partial charge < -0.3 is 0 Å². The van der Waals surface area contributed by atoms with Crippen LogP contribution in [0.15, 0.2) is 4.79 Å². The molecular weight excluding hydrogens is 274 g/mol. The van der Waals surface area contributed by atoms with Crippen LogP contribution >= 0.6 is 22.9 Å². The molecule has 7 heteroatoms. The fraction of sp³-hybridized carbons (Fsp3) is 0.364. The first-order chi connectivity index (χ1) is 8.45. The average molecular weight is 286 g/mol. The Hall–Kier alpha value is -1.40. The predicted molar refractivity (Wildman–Crippen MR) is 73.2 cm³/mol. The average Bonchev–Trinajstić information content (AvgIpc) is 2.60. The number of nitrogens with zero attached hydrogens (tertiary/aromatic N) is 2. The normalized spacial score (nSPS) is 10.9. The number of hydrogen-bond acceptors (Lipinski definition) is 4. The number of amides is 1. The zero-order valence-electron chi connectivity index (χ0n) is 10.2. The summed E-state index contributed by atoms with van der Waals surface area (Å²) in [5.74, 6) is -0.203. The Kier molecular flexibility index (Phi) is 3.41. The molecule has 0 aliphatic carbocycles. The highest BCUT2D eigenvalue weighted by molar-refractivity contribution is 7.18. The predicted octanol–water partition coefficient (Wildman–Crippen LogP) is 1.69. The summed E-state index contributed by atoms with van der Waals surface area (Å²) in [7, 11) is 0. The minimum Gasteiger partial charge on any atom is -0.272 e. The number of carbonyl (C=O) groups is 1. The molecule has 5 nitrogen and oxygen atoms in total. The van der Waals surface area contributed by atoms with Crippen molar-refractivity contribution in [1.29, 1.82) is 0 Å². The van der Waals surface area contributed by atoms with Crippen LogP contribution in [0, 0.1) is 20.8 Å². The number of carbonyl (C=O) groups excluding carboxylic acids is 1. The fourth-order valence-electron chi connectivity index (χ4n) is 1.68. The molecule has 0 fully saturated rings. The van der Waals surface area contributed by atoms with E-state index in [4.69, 9.17) is 11.6 Å². The van der Waals surface area contributed by atoms with Gasteiger partial charge in [-0.3, -0.25) is 15.0 Å². The standard InChI is InChI=1S/C11H12ClN3O2S/c1-5-6(2)18-10-9(5)11(17)15(7(3)13-10)14-8(16)4-12/h4H2,1-3H3,(H,14,16). The number of halogens is 1. The van der Waals surface area contributed by atoms with Gasteiger partial charge in [0.25, 0.3) is 11.5 Å².